The molecular formula is C27H31BrN4O7. The highest BCUT2D eigenvalue weighted by Crippen LogP contribution is 2.21. The van der Waals surface area contributed by atoms with E-state index in [1.807, 2.05) is 0 Å². The van der Waals surface area contributed by atoms with Gasteiger partial charge in [-0.2, -0.15) is 5.10 Å². The zero-order valence-corrected chi connectivity index (χ0v) is 23.3. The summed E-state index contributed by atoms with van der Waals surface area (Å²) in [4.78, 5) is 38.0. The second-order valence-corrected chi connectivity index (χ2v) is 10.1. The number of rotatable bonds is 11. The van der Waals surface area contributed by atoms with Gasteiger partial charge in [0.15, 0.2) is 0 Å². The van der Waals surface area contributed by atoms with Crippen LogP contribution in [0.3, 0.4) is 0 Å². The topological polar surface area (TPSA) is 159 Å². The first-order valence-electron chi connectivity index (χ1n) is 11.8. The molecule has 0 radical (unpaired) electrons. The first-order chi connectivity index (χ1) is 18.4. The van der Waals surface area contributed by atoms with E-state index in [-0.39, 0.29) is 18.8 Å². The van der Waals surface area contributed by atoms with Crippen LogP contribution in [0.1, 0.15) is 31.9 Å². The number of nitrogens with one attached hydrogen (secondary N) is 3. The maximum absolute atomic E-state index is 13.1. The normalized spacial score (nSPS) is 12.6. The van der Waals surface area contributed by atoms with E-state index in [2.05, 4.69) is 43.0 Å². The Balaban J connectivity index is 2.19. The largest absolute Gasteiger partial charge is 0.508 e. The second kappa shape index (κ2) is 14.8. The number of aliphatic hydroxyl groups excluding tert-OH is 1. The molecule has 2 rings (SSSR count). The van der Waals surface area contributed by atoms with Crippen molar-refractivity contribution >= 4 is 40.1 Å². The number of hydrogen-bond donors (Lipinski definition) is 5. The van der Waals surface area contributed by atoms with Gasteiger partial charge in [0.05, 0.1) is 12.8 Å². The highest BCUT2D eigenvalue weighted by atomic mass is 79.9. The molecule has 2 aromatic carbocycles. The quantitative estimate of drug-likeness (QED) is 0.150. The molecule has 0 aromatic heterocycles. The van der Waals surface area contributed by atoms with Gasteiger partial charge in [0.1, 0.15) is 35.8 Å². The number of aliphatic hydroxyl groups is 1. The van der Waals surface area contributed by atoms with Crippen molar-refractivity contribution in [2.45, 2.75) is 44.9 Å². The summed E-state index contributed by atoms with van der Waals surface area (Å²) in [5.41, 5.74) is 2.71. The Morgan fingerprint density at radius 2 is 1.79 bits per heavy atom. The number of nitrogens with zero attached hydrogens (tertiary/aromatic N) is 1. The van der Waals surface area contributed by atoms with E-state index in [1.165, 1.54) is 18.3 Å². The summed E-state index contributed by atoms with van der Waals surface area (Å²) in [6.07, 6.45) is 5.73. The van der Waals surface area contributed by atoms with Crippen molar-refractivity contribution in [2.75, 3.05) is 13.2 Å². The van der Waals surface area contributed by atoms with Gasteiger partial charge in [0.25, 0.3) is 5.91 Å². The number of halogens is 1. The first-order valence-corrected chi connectivity index (χ1v) is 12.6. The van der Waals surface area contributed by atoms with Gasteiger partial charge in [0, 0.05) is 16.5 Å². The van der Waals surface area contributed by atoms with E-state index in [0.717, 1.165) is 4.47 Å². The molecule has 11 nitrogen and oxygen atoms in total. The molecule has 0 spiro atoms. The van der Waals surface area contributed by atoms with Crippen LogP contribution >= 0.6 is 15.9 Å². The van der Waals surface area contributed by atoms with Crippen molar-refractivity contribution in [1.82, 2.24) is 16.1 Å². The van der Waals surface area contributed by atoms with Crippen LogP contribution in [0.2, 0.25) is 0 Å². The third-order valence-electron chi connectivity index (χ3n) is 4.86. The lowest BCUT2D eigenvalue weighted by Crippen LogP contribution is -2.55. The fraction of sp³-hybridized carbons (Fsp3) is 0.333. The number of ether oxygens (including phenoxy) is 2. The number of benzene rings is 2. The van der Waals surface area contributed by atoms with E-state index in [1.54, 1.807) is 51.1 Å². The number of aromatic hydroxyl groups is 1. The Morgan fingerprint density at radius 1 is 1.10 bits per heavy atom. The molecule has 2 atom stereocenters. The number of hydrogen-bond acceptors (Lipinski definition) is 8. The number of alkyl carbamates (subject to hydrolysis) is 1. The Kier molecular flexibility index (Phi) is 11.8. The molecule has 0 aliphatic rings. The minimum atomic E-state index is -1.38. The molecule has 12 heteroatoms. The van der Waals surface area contributed by atoms with E-state index < -0.39 is 42.2 Å². The molecule has 0 aliphatic carbocycles. The van der Waals surface area contributed by atoms with Crippen LogP contribution in [0, 0.1) is 12.3 Å². The highest BCUT2D eigenvalue weighted by molar-refractivity contribution is 9.10. The lowest BCUT2D eigenvalue weighted by atomic mass is 10.0. The van der Waals surface area contributed by atoms with Gasteiger partial charge < -0.3 is 30.3 Å². The number of terminal acetylenes is 1. The molecule has 0 fully saturated rings. The highest BCUT2D eigenvalue weighted by Gasteiger charge is 2.28. The SMILES string of the molecule is C#CCOc1ccc(Br)cc1/C=N\NC(=O)[C@H](Cc1ccc(O)cc1)NC(=O)[C@H](CO)NC(=O)OC(C)(C)C. The van der Waals surface area contributed by atoms with Crippen LogP contribution in [0.15, 0.2) is 52.0 Å². The van der Waals surface area contributed by atoms with E-state index in [0.29, 0.717) is 16.9 Å². The lowest BCUT2D eigenvalue weighted by molar-refractivity contribution is -0.130. The molecular weight excluding hydrogens is 572 g/mol. The molecule has 0 saturated heterocycles. The van der Waals surface area contributed by atoms with Crippen LogP contribution in [0.25, 0.3) is 0 Å². The van der Waals surface area contributed by atoms with E-state index in [9.17, 15) is 24.6 Å². The van der Waals surface area contributed by atoms with Crippen molar-refractivity contribution in [3.05, 3.63) is 58.1 Å². The second-order valence-electron chi connectivity index (χ2n) is 9.22. The zero-order chi connectivity index (χ0) is 29.0. The number of carbonyl (C=O) groups excluding carboxylic acids is 3. The third kappa shape index (κ3) is 11.1. The first kappa shape index (κ1) is 31.1. The van der Waals surface area contributed by atoms with Gasteiger partial charge in [-0.15, -0.1) is 6.42 Å². The summed E-state index contributed by atoms with van der Waals surface area (Å²) in [6.45, 7) is 4.26. The monoisotopic (exact) mass is 602 g/mol. The molecule has 39 heavy (non-hydrogen) atoms. The predicted molar refractivity (Wildman–Crippen MR) is 148 cm³/mol. The van der Waals surface area contributed by atoms with Crippen molar-refractivity contribution in [1.29, 1.82) is 0 Å². The van der Waals surface area contributed by atoms with Crippen LogP contribution < -0.4 is 20.8 Å². The summed E-state index contributed by atoms with van der Waals surface area (Å²) in [6, 6.07) is 8.67. The molecule has 0 heterocycles. The smallest absolute Gasteiger partial charge is 0.408 e. The molecule has 3 amide bonds. The van der Waals surface area contributed by atoms with Crippen molar-refractivity contribution in [3.63, 3.8) is 0 Å². The number of phenolic OH excluding ortho intramolecular Hbond substituents is 1. The van der Waals surface area contributed by atoms with E-state index in [4.69, 9.17) is 15.9 Å². The van der Waals surface area contributed by atoms with Gasteiger partial charge in [-0.25, -0.2) is 10.2 Å². The molecule has 5 N–H and O–H groups in total. The number of hydrazone groups is 1. The molecule has 0 saturated carbocycles. The number of carbonyl (C=O) groups is 3. The average Bonchev–Trinajstić information content (AvgIpc) is 2.86. The maximum atomic E-state index is 13.1. The van der Waals surface area contributed by atoms with Crippen LogP contribution in [0.4, 0.5) is 4.79 Å². The number of amides is 3. The Hall–Kier alpha value is -4.08. The fourth-order valence-electron chi connectivity index (χ4n) is 3.11. The van der Waals surface area contributed by atoms with Crippen LogP contribution in [-0.2, 0) is 20.7 Å². The van der Waals surface area contributed by atoms with Crippen molar-refractivity contribution in [2.24, 2.45) is 5.10 Å². The Morgan fingerprint density at radius 3 is 2.41 bits per heavy atom. The van der Waals surface area contributed by atoms with Crippen LogP contribution in [0.5, 0.6) is 11.5 Å². The molecule has 208 valence electrons. The van der Waals surface area contributed by atoms with Gasteiger partial charge in [-0.05, 0) is 56.7 Å². The Labute approximate surface area is 235 Å². The van der Waals surface area contributed by atoms with Gasteiger partial charge in [0.2, 0.25) is 5.91 Å². The zero-order valence-electron chi connectivity index (χ0n) is 21.7. The summed E-state index contributed by atoms with van der Waals surface area (Å²) in [5.74, 6) is 1.36. The minimum Gasteiger partial charge on any atom is -0.508 e. The molecule has 0 bridgehead atoms. The summed E-state index contributed by atoms with van der Waals surface area (Å²) < 4.78 is 11.4. The van der Waals surface area contributed by atoms with Gasteiger partial charge in [-0.1, -0.05) is 34.0 Å². The van der Waals surface area contributed by atoms with E-state index >= 15 is 0 Å². The minimum absolute atomic E-state index is 0.0192. The van der Waals surface area contributed by atoms with Crippen molar-refractivity contribution < 1.29 is 34.1 Å². The Bertz CT molecular complexity index is 1220. The standard InChI is InChI=1S/C27H31BrN4O7/c1-5-12-38-23-11-8-19(28)14-18(23)15-29-32-25(36)21(13-17-6-9-20(34)10-7-17)30-24(35)22(16-33)31-26(37)39-27(2,3)4/h1,6-11,14-15,21-22,33-34H,12-13,16H2,2-4H3,(H,30,35)(H,31,37)(H,32,36)/b29-15-/t21-,22-/m0/s1. The number of phenols is 1. The maximum Gasteiger partial charge on any atom is 0.408 e. The predicted octanol–water partition coefficient (Wildman–Crippen LogP) is 2.23. The summed E-state index contributed by atoms with van der Waals surface area (Å²) in [5, 5.41) is 28.0. The third-order valence-corrected chi connectivity index (χ3v) is 5.35. The van der Waals surface area contributed by atoms with Gasteiger partial charge in [-0.3, -0.25) is 9.59 Å². The molecule has 0 unspecified atom stereocenters. The fourth-order valence-corrected chi connectivity index (χ4v) is 3.49. The van der Waals surface area contributed by atoms with Crippen LogP contribution in [-0.4, -0.2) is 65.2 Å². The van der Waals surface area contributed by atoms with Crippen molar-refractivity contribution in [3.8, 4) is 23.8 Å². The molecule has 2 aromatic rings. The van der Waals surface area contributed by atoms with Gasteiger partial charge >= 0.3 is 6.09 Å². The molecule has 0 aliphatic heterocycles. The lowest BCUT2D eigenvalue weighted by Gasteiger charge is -2.24. The summed E-state index contributed by atoms with van der Waals surface area (Å²) >= 11 is 3.36. The summed E-state index contributed by atoms with van der Waals surface area (Å²) in [7, 11) is 0. The average molecular weight is 603 g/mol.